The predicted molar refractivity (Wildman–Crippen MR) is 157 cm³/mol. The number of halogens is 1. The van der Waals surface area contributed by atoms with Crippen molar-refractivity contribution in [2.24, 2.45) is 5.10 Å². The van der Waals surface area contributed by atoms with E-state index in [2.05, 4.69) is 46.3 Å². The van der Waals surface area contributed by atoms with E-state index in [0.29, 0.717) is 23.3 Å². The lowest BCUT2D eigenvalue weighted by Gasteiger charge is -2.22. The summed E-state index contributed by atoms with van der Waals surface area (Å²) in [5.74, 6) is 1.68. The first-order chi connectivity index (χ1) is 18.7. The van der Waals surface area contributed by atoms with Crippen molar-refractivity contribution in [3.8, 4) is 5.75 Å². The molecule has 5 nitrogen and oxygen atoms in total. The summed E-state index contributed by atoms with van der Waals surface area (Å²) in [6, 6.07) is 28.0. The van der Waals surface area contributed by atoms with Crippen LogP contribution in [0.1, 0.15) is 55.0 Å². The molecule has 0 radical (unpaired) electrons. The Labute approximate surface area is 229 Å². The number of rotatable bonds is 6. The summed E-state index contributed by atoms with van der Waals surface area (Å²) in [4.78, 5) is 18.6. The maximum atomic E-state index is 13.6. The van der Waals surface area contributed by atoms with Gasteiger partial charge in [-0.2, -0.15) is 9.78 Å². The molecule has 1 aliphatic rings. The summed E-state index contributed by atoms with van der Waals surface area (Å²) in [6.07, 6.45) is 7.29. The molecular formula is C32H28BrN3O2. The van der Waals surface area contributed by atoms with Crippen LogP contribution in [0.15, 0.2) is 99.3 Å². The monoisotopic (exact) mass is 565 g/mol. The molecule has 6 rings (SSSR count). The molecule has 1 saturated carbocycles. The zero-order valence-electron chi connectivity index (χ0n) is 21.0. The summed E-state index contributed by atoms with van der Waals surface area (Å²) >= 11 is 3.49. The van der Waals surface area contributed by atoms with E-state index < -0.39 is 0 Å². The predicted octanol–water partition coefficient (Wildman–Crippen LogP) is 7.82. The number of ether oxygens (including phenoxy) is 1. The Balaban J connectivity index is 1.35. The van der Waals surface area contributed by atoms with Crippen molar-refractivity contribution in [2.45, 2.75) is 44.6 Å². The summed E-state index contributed by atoms with van der Waals surface area (Å²) < 4.78 is 8.63. The summed E-state index contributed by atoms with van der Waals surface area (Å²) in [7, 11) is 0. The van der Waals surface area contributed by atoms with Crippen molar-refractivity contribution in [1.82, 2.24) is 9.66 Å². The zero-order chi connectivity index (χ0) is 25.9. The molecule has 6 heteroatoms. The number of nitrogens with zero attached hydrogens (tertiary/aromatic N) is 3. The van der Waals surface area contributed by atoms with Crippen LogP contribution in [0, 0.1) is 0 Å². The van der Waals surface area contributed by atoms with Gasteiger partial charge in [-0.3, -0.25) is 4.79 Å². The van der Waals surface area contributed by atoms with Gasteiger partial charge < -0.3 is 4.74 Å². The van der Waals surface area contributed by atoms with Crippen LogP contribution in [0.25, 0.3) is 21.7 Å². The second-order valence-electron chi connectivity index (χ2n) is 9.79. The molecule has 1 aromatic heterocycles. The topological polar surface area (TPSA) is 56.5 Å². The number of fused-ring (bicyclic) bond motifs is 2. The SMILES string of the molecule is O=c1c2cc(Br)ccc2nc(C2CCCCC2)n1N=Cc1ccccc1OCc1cccc2ccccc12. The van der Waals surface area contributed by atoms with Gasteiger partial charge in [0.05, 0.1) is 17.1 Å². The fourth-order valence-corrected chi connectivity index (χ4v) is 5.68. The normalized spacial score (nSPS) is 14.4. The number of para-hydroxylation sites is 1. The minimum Gasteiger partial charge on any atom is -0.488 e. The zero-order valence-corrected chi connectivity index (χ0v) is 22.6. The van der Waals surface area contributed by atoms with Crippen LogP contribution in [0.4, 0.5) is 0 Å². The van der Waals surface area contributed by atoms with Crippen LogP contribution in [0.3, 0.4) is 0 Å². The Morgan fingerprint density at radius 1 is 0.921 bits per heavy atom. The Hall–Kier alpha value is -3.77. The largest absolute Gasteiger partial charge is 0.488 e. The first-order valence-corrected chi connectivity index (χ1v) is 13.9. The average molecular weight is 566 g/mol. The molecule has 0 amide bonds. The van der Waals surface area contributed by atoms with Crippen LogP contribution < -0.4 is 10.3 Å². The molecular weight excluding hydrogens is 538 g/mol. The second kappa shape index (κ2) is 10.9. The molecule has 1 aliphatic carbocycles. The van der Waals surface area contributed by atoms with Gasteiger partial charge >= 0.3 is 0 Å². The van der Waals surface area contributed by atoms with Gasteiger partial charge in [-0.05, 0) is 59.5 Å². The summed E-state index contributed by atoms with van der Waals surface area (Å²) in [5, 5.41) is 7.64. The van der Waals surface area contributed by atoms with Gasteiger partial charge in [-0.25, -0.2) is 4.98 Å². The van der Waals surface area contributed by atoms with E-state index in [-0.39, 0.29) is 11.5 Å². The standard InChI is InChI=1S/C32H28BrN3O2/c33-26-17-18-29-28(19-26)32(37)36(31(35-29)23-10-2-1-3-11-23)34-20-24-12-5-7-16-30(24)38-21-25-14-8-13-22-9-4-6-15-27(22)25/h4-9,12-20,23H,1-3,10-11,21H2. The fourth-order valence-electron chi connectivity index (χ4n) is 5.31. The van der Waals surface area contributed by atoms with Crippen molar-refractivity contribution in [3.05, 3.63) is 117 Å². The minimum atomic E-state index is -0.151. The van der Waals surface area contributed by atoms with Gasteiger partial charge in [0.2, 0.25) is 0 Å². The minimum absolute atomic E-state index is 0.151. The van der Waals surface area contributed by atoms with E-state index in [9.17, 15) is 4.79 Å². The first kappa shape index (κ1) is 24.6. The van der Waals surface area contributed by atoms with Crippen molar-refractivity contribution < 1.29 is 4.74 Å². The van der Waals surface area contributed by atoms with E-state index in [1.165, 1.54) is 21.9 Å². The van der Waals surface area contributed by atoms with E-state index >= 15 is 0 Å². The molecule has 38 heavy (non-hydrogen) atoms. The molecule has 190 valence electrons. The molecule has 1 heterocycles. The summed E-state index contributed by atoms with van der Waals surface area (Å²) in [5.41, 5.74) is 2.49. The highest BCUT2D eigenvalue weighted by Gasteiger charge is 2.22. The molecule has 5 aromatic rings. The van der Waals surface area contributed by atoms with Crippen LogP contribution in [0.5, 0.6) is 5.75 Å². The average Bonchev–Trinajstić information content (AvgIpc) is 2.96. The number of benzene rings is 4. The van der Waals surface area contributed by atoms with Crippen LogP contribution in [0.2, 0.25) is 0 Å². The van der Waals surface area contributed by atoms with Crippen LogP contribution >= 0.6 is 15.9 Å². The number of hydrogen-bond acceptors (Lipinski definition) is 4. The maximum absolute atomic E-state index is 13.6. The van der Waals surface area contributed by atoms with Gasteiger partial charge in [0, 0.05) is 16.0 Å². The second-order valence-corrected chi connectivity index (χ2v) is 10.7. The molecule has 0 aliphatic heterocycles. The van der Waals surface area contributed by atoms with E-state index in [0.717, 1.165) is 47.1 Å². The Bertz CT molecular complexity index is 1700. The first-order valence-electron chi connectivity index (χ1n) is 13.1. The van der Waals surface area contributed by atoms with Crippen molar-refractivity contribution in [1.29, 1.82) is 0 Å². The van der Waals surface area contributed by atoms with E-state index in [4.69, 9.17) is 14.8 Å². The molecule has 0 spiro atoms. The molecule has 0 atom stereocenters. The Morgan fingerprint density at radius 3 is 2.61 bits per heavy atom. The van der Waals surface area contributed by atoms with E-state index in [1.807, 2.05) is 54.6 Å². The summed E-state index contributed by atoms with van der Waals surface area (Å²) in [6.45, 7) is 0.436. The third-order valence-electron chi connectivity index (χ3n) is 7.30. The molecule has 4 aromatic carbocycles. The highest BCUT2D eigenvalue weighted by atomic mass is 79.9. The fraction of sp³-hybridized carbons (Fsp3) is 0.219. The van der Waals surface area contributed by atoms with E-state index in [1.54, 1.807) is 6.21 Å². The smallest absolute Gasteiger partial charge is 0.282 e. The number of aromatic nitrogens is 2. The lowest BCUT2D eigenvalue weighted by atomic mass is 9.88. The number of hydrogen-bond donors (Lipinski definition) is 0. The molecule has 0 unspecified atom stereocenters. The maximum Gasteiger partial charge on any atom is 0.282 e. The Kier molecular flexibility index (Phi) is 7.06. The van der Waals surface area contributed by atoms with Crippen molar-refractivity contribution in [3.63, 3.8) is 0 Å². The van der Waals surface area contributed by atoms with Crippen molar-refractivity contribution >= 4 is 43.8 Å². The lowest BCUT2D eigenvalue weighted by Crippen LogP contribution is -2.25. The van der Waals surface area contributed by atoms with Crippen molar-refractivity contribution in [2.75, 3.05) is 0 Å². The van der Waals surface area contributed by atoms with Crippen LogP contribution in [-0.2, 0) is 6.61 Å². The molecule has 0 N–H and O–H groups in total. The molecule has 1 fully saturated rings. The highest BCUT2D eigenvalue weighted by molar-refractivity contribution is 9.10. The van der Waals surface area contributed by atoms with Gasteiger partial charge in [-0.15, -0.1) is 0 Å². The quantitative estimate of drug-likeness (QED) is 0.197. The van der Waals surface area contributed by atoms with Crippen LogP contribution in [-0.4, -0.2) is 15.9 Å². The van der Waals surface area contributed by atoms with Gasteiger partial charge in [-0.1, -0.05) is 89.8 Å². The van der Waals surface area contributed by atoms with Gasteiger partial charge in [0.25, 0.3) is 5.56 Å². The molecule has 0 bridgehead atoms. The lowest BCUT2D eigenvalue weighted by molar-refractivity contribution is 0.307. The highest BCUT2D eigenvalue weighted by Crippen LogP contribution is 2.32. The third kappa shape index (κ3) is 5.01. The van der Waals surface area contributed by atoms with Gasteiger partial charge in [0.1, 0.15) is 18.2 Å². The third-order valence-corrected chi connectivity index (χ3v) is 7.79. The Morgan fingerprint density at radius 2 is 1.71 bits per heavy atom. The molecule has 0 saturated heterocycles. The van der Waals surface area contributed by atoms with Gasteiger partial charge in [0.15, 0.2) is 0 Å².